The Bertz CT molecular complexity index is 1980. The van der Waals surface area contributed by atoms with E-state index in [1.54, 1.807) is 25.3 Å². The molecule has 0 atom stereocenters. The van der Waals surface area contributed by atoms with Crippen LogP contribution in [0.1, 0.15) is 27.2 Å². The molecule has 5 aromatic rings. The lowest BCUT2D eigenvalue weighted by Gasteiger charge is -2.28. The lowest BCUT2D eigenvalue weighted by Crippen LogP contribution is -2.36. The number of carbonyl (C=O) groups is 1. The Morgan fingerprint density at radius 3 is 2.60 bits per heavy atom. The number of amides is 1. The van der Waals surface area contributed by atoms with Crippen molar-refractivity contribution >= 4 is 54.7 Å². The number of methoxy groups -OCH3 is 1. The van der Waals surface area contributed by atoms with Crippen LogP contribution in [0.3, 0.4) is 0 Å². The van der Waals surface area contributed by atoms with Crippen LogP contribution in [-0.4, -0.2) is 48.4 Å². The molecule has 1 aliphatic rings. The number of sulfonamides is 1. The molecular formula is C29H23N5O7S2. The smallest absolute Gasteiger partial charge is 0.433 e. The molecule has 0 unspecified atom stereocenters. The minimum Gasteiger partial charge on any atom is -0.497 e. The van der Waals surface area contributed by atoms with Gasteiger partial charge >= 0.3 is 5.88 Å². The van der Waals surface area contributed by atoms with Crippen LogP contribution in [0.5, 0.6) is 5.75 Å². The Balaban J connectivity index is 1.30. The lowest BCUT2D eigenvalue weighted by molar-refractivity contribution is -0.402. The van der Waals surface area contributed by atoms with Gasteiger partial charge in [-0.25, -0.2) is 13.4 Å². The van der Waals surface area contributed by atoms with Gasteiger partial charge in [0.2, 0.25) is 15.2 Å². The summed E-state index contributed by atoms with van der Waals surface area (Å²) in [6.45, 7) is 0.630. The van der Waals surface area contributed by atoms with Gasteiger partial charge < -0.3 is 9.15 Å². The SMILES string of the molecule is COc1ccc2nc(N(/N=C/c3ccc([N+](=O)[O-])o3)C(=O)c3ccc(S(=O)(=O)N4CCc5ccccc5C4)cc3)sc2c1. The Hall–Kier alpha value is -4.92. The molecule has 12 nitrogen and oxygen atoms in total. The van der Waals surface area contributed by atoms with Crippen molar-refractivity contribution in [1.82, 2.24) is 9.29 Å². The summed E-state index contributed by atoms with van der Waals surface area (Å²) in [5.74, 6) is -0.405. The second-order valence-electron chi connectivity index (χ2n) is 9.51. The number of furan rings is 1. The molecule has 0 saturated carbocycles. The molecule has 0 aliphatic carbocycles. The number of fused-ring (bicyclic) bond motifs is 2. The van der Waals surface area contributed by atoms with Crippen LogP contribution in [-0.2, 0) is 23.0 Å². The number of nitrogens with zero attached hydrogens (tertiary/aromatic N) is 5. The van der Waals surface area contributed by atoms with Gasteiger partial charge in [0.15, 0.2) is 5.76 Å². The summed E-state index contributed by atoms with van der Waals surface area (Å²) in [5.41, 5.74) is 2.86. The summed E-state index contributed by atoms with van der Waals surface area (Å²) in [6.07, 6.45) is 1.79. The van der Waals surface area contributed by atoms with E-state index in [0.29, 0.717) is 24.2 Å². The highest BCUT2D eigenvalue weighted by molar-refractivity contribution is 7.89. The minimum absolute atomic E-state index is 0.0526. The van der Waals surface area contributed by atoms with Crippen LogP contribution in [0.2, 0.25) is 0 Å². The van der Waals surface area contributed by atoms with Crippen LogP contribution in [0.4, 0.5) is 11.0 Å². The van der Waals surface area contributed by atoms with Gasteiger partial charge in [-0.05, 0) is 66.1 Å². The molecule has 0 radical (unpaired) electrons. The van der Waals surface area contributed by atoms with E-state index in [4.69, 9.17) is 9.15 Å². The Labute approximate surface area is 249 Å². The van der Waals surface area contributed by atoms with Crippen molar-refractivity contribution in [2.75, 3.05) is 18.7 Å². The molecule has 218 valence electrons. The average Bonchev–Trinajstić information content (AvgIpc) is 3.68. The maximum atomic E-state index is 13.7. The summed E-state index contributed by atoms with van der Waals surface area (Å²) in [4.78, 5) is 28.7. The first-order chi connectivity index (χ1) is 20.7. The Morgan fingerprint density at radius 2 is 1.88 bits per heavy atom. The predicted molar refractivity (Wildman–Crippen MR) is 160 cm³/mol. The number of carbonyl (C=O) groups excluding carboxylic acids is 1. The number of aromatic nitrogens is 1. The first-order valence-corrected chi connectivity index (χ1v) is 15.2. The van der Waals surface area contributed by atoms with E-state index in [9.17, 15) is 23.3 Å². The molecule has 3 heterocycles. The normalized spacial score (nSPS) is 13.7. The molecule has 2 aromatic heterocycles. The maximum absolute atomic E-state index is 13.7. The fourth-order valence-corrected chi connectivity index (χ4v) is 7.01. The van der Waals surface area contributed by atoms with Crippen molar-refractivity contribution in [3.05, 3.63) is 111 Å². The van der Waals surface area contributed by atoms with E-state index in [1.165, 1.54) is 58.3 Å². The highest BCUT2D eigenvalue weighted by Crippen LogP contribution is 2.33. The zero-order chi connectivity index (χ0) is 30.1. The van der Waals surface area contributed by atoms with Gasteiger partial charge in [0.25, 0.3) is 5.91 Å². The molecule has 0 spiro atoms. The van der Waals surface area contributed by atoms with Gasteiger partial charge in [-0.15, -0.1) is 0 Å². The van der Waals surface area contributed by atoms with Gasteiger partial charge in [0, 0.05) is 18.7 Å². The molecule has 43 heavy (non-hydrogen) atoms. The third-order valence-electron chi connectivity index (χ3n) is 6.89. The van der Waals surface area contributed by atoms with E-state index in [1.807, 2.05) is 24.3 Å². The number of nitro groups is 1. The quantitative estimate of drug-likeness (QED) is 0.131. The zero-order valence-corrected chi connectivity index (χ0v) is 24.2. The largest absolute Gasteiger partial charge is 0.497 e. The van der Waals surface area contributed by atoms with Crippen molar-refractivity contribution in [3.8, 4) is 5.75 Å². The highest BCUT2D eigenvalue weighted by Gasteiger charge is 2.29. The van der Waals surface area contributed by atoms with E-state index >= 15 is 0 Å². The lowest BCUT2D eigenvalue weighted by atomic mass is 10.0. The third-order valence-corrected chi connectivity index (χ3v) is 9.74. The molecule has 1 amide bonds. The molecule has 14 heteroatoms. The monoisotopic (exact) mass is 617 g/mol. The molecule has 0 N–H and O–H groups in total. The van der Waals surface area contributed by atoms with Crippen LogP contribution >= 0.6 is 11.3 Å². The number of rotatable bonds is 8. The average molecular weight is 618 g/mol. The molecule has 0 fully saturated rings. The van der Waals surface area contributed by atoms with Crippen molar-refractivity contribution < 1.29 is 27.3 Å². The van der Waals surface area contributed by atoms with Gasteiger partial charge in [-0.3, -0.25) is 14.9 Å². The number of anilines is 1. The zero-order valence-electron chi connectivity index (χ0n) is 22.6. The standard InChI is InChI=1S/C29H23N5O7S2/c1-40-22-8-12-25-26(16-22)42-29(31-25)33(30-17-23-9-13-27(41-23)34(36)37)28(35)20-6-10-24(11-7-20)43(38,39)32-15-14-19-4-2-3-5-21(19)18-32/h2-13,16-17H,14-15,18H2,1H3/b30-17+. The fourth-order valence-electron chi connectivity index (χ4n) is 4.64. The summed E-state index contributed by atoms with van der Waals surface area (Å²) >= 11 is 1.18. The van der Waals surface area contributed by atoms with E-state index < -0.39 is 26.7 Å². The van der Waals surface area contributed by atoms with Gasteiger partial charge in [0.1, 0.15) is 10.7 Å². The molecule has 1 aliphatic heterocycles. The number of benzene rings is 3. The van der Waals surface area contributed by atoms with Crippen molar-refractivity contribution in [3.63, 3.8) is 0 Å². The minimum atomic E-state index is -3.81. The Morgan fingerprint density at radius 1 is 1.12 bits per heavy atom. The number of thiazole rings is 1. The van der Waals surface area contributed by atoms with Crippen molar-refractivity contribution in [2.24, 2.45) is 5.10 Å². The molecule has 6 rings (SSSR count). The summed E-state index contributed by atoms with van der Waals surface area (Å²) in [7, 11) is -2.26. The van der Waals surface area contributed by atoms with Crippen LogP contribution < -0.4 is 9.75 Å². The second kappa shape index (κ2) is 11.4. The number of ether oxygens (including phenoxy) is 1. The molecule has 0 saturated heterocycles. The van der Waals surface area contributed by atoms with Gasteiger partial charge in [-0.2, -0.15) is 14.4 Å². The van der Waals surface area contributed by atoms with Crippen LogP contribution in [0, 0.1) is 10.1 Å². The summed E-state index contributed by atoms with van der Waals surface area (Å²) in [6, 6.07) is 21.2. The van der Waals surface area contributed by atoms with Gasteiger partial charge in [-0.1, -0.05) is 35.6 Å². The van der Waals surface area contributed by atoms with Gasteiger partial charge in [0.05, 0.1) is 34.5 Å². The fraction of sp³-hybridized carbons (Fsp3) is 0.138. The second-order valence-corrected chi connectivity index (χ2v) is 12.5. The first kappa shape index (κ1) is 28.2. The van der Waals surface area contributed by atoms with Crippen LogP contribution in [0.25, 0.3) is 10.2 Å². The highest BCUT2D eigenvalue weighted by atomic mass is 32.2. The molecular weight excluding hydrogens is 594 g/mol. The molecule has 0 bridgehead atoms. The maximum Gasteiger partial charge on any atom is 0.433 e. The van der Waals surface area contributed by atoms with Crippen LogP contribution in [0.15, 0.2) is 93.3 Å². The predicted octanol–water partition coefficient (Wildman–Crippen LogP) is 5.23. The van der Waals surface area contributed by atoms with E-state index in [0.717, 1.165) is 20.8 Å². The van der Waals surface area contributed by atoms with E-state index in [-0.39, 0.29) is 27.9 Å². The number of hydrogen-bond donors (Lipinski definition) is 0. The van der Waals surface area contributed by atoms with Crippen molar-refractivity contribution in [1.29, 1.82) is 0 Å². The molecule has 3 aromatic carbocycles. The topological polar surface area (TPSA) is 148 Å². The van der Waals surface area contributed by atoms with Crippen molar-refractivity contribution in [2.45, 2.75) is 17.9 Å². The summed E-state index contributed by atoms with van der Waals surface area (Å²) < 4.78 is 39.4. The summed E-state index contributed by atoms with van der Waals surface area (Å²) in [5, 5.41) is 16.5. The third kappa shape index (κ3) is 5.62. The number of hydrogen-bond acceptors (Lipinski definition) is 10. The Kier molecular flexibility index (Phi) is 7.48. The number of hydrazone groups is 1. The first-order valence-electron chi connectivity index (χ1n) is 13.0. The van der Waals surface area contributed by atoms with E-state index in [2.05, 4.69) is 10.1 Å².